The van der Waals surface area contributed by atoms with E-state index in [1.807, 2.05) is 41.0 Å². The predicted molar refractivity (Wildman–Crippen MR) is 83.1 cm³/mol. The maximum atomic E-state index is 12.5. The summed E-state index contributed by atoms with van der Waals surface area (Å²) in [6.07, 6.45) is 7.70. The van der Waals surface area contributed by atoms with Crippen molar-refractivity contribution in [2.45, 2.75) is 0 Å². The second-order valence-corrected chi connectivity index (χ2v) is 5.10. The van der Waals surface area contributed by atoms with Crippen LogP contribution in [0.4, 0.5) is 5.95 Å². The summed E-state index contributed by atoms with van der Waals surface area (Å²) in [4.78, 5) is 21.3. The largest absolute Gasteiger partial charge is 0.483 e. The zero-order valence-corrected chi connectivity index (χ0v) is 11.9. The Morgan fingerprint density at radius 2 is 2.09 bits per heavy atom. The summed E-state index contributed by atoms with van der Waals surface area (Å²) >= 11 is 0. The molecule has 0 fully saturated rings. The van der Waals surface area contributed by atoms with E-state index in [4.69, 9.17) is 4.74 Å². The minimum Gasteiger partial charge on any atom is -0.483 e. The third-order valence-electron chi connectivity index (χ3n) is 3.81. The highest BCUT2D eigenvalue weighted by molar-refractivity contribution is 6.08. The van der Waals surface area contributed by atoms with Crippen LogP contribution >= 0.6 is 0 Å². The molecule has 2 aliphatic rings. The summed E-state index contributed by atoms with van der Waals surface area (Å²) in [5.41, 5.74) is 2.00. The Morgan fingerprint density at radius 1 is 1.27 bits per heavy atom. The van der Waals surface area contributed by atoms with Crippen LogP contribution in [-0.2, 0) is 4.74 Å². The van der Waals surface area contributed by atoms with Gasteiger partial charge in [0.05, 0.1) is 13.0 Å². The van der Waals surface area contributed by atoms with Crippen LogP contribution in [0.2, 0.25) is 0 Å². The second-order valence-electron chi connectivity index (χ2n) is 5.10. The molecule has 0 bridgehead atoms. The molecule has 0 radical (unpaired) electrons. The Bertz CT molecular complexity index is 844. The molecule has 108 valence electrons. The molecule has 2 aromatic rings. The second kappa shape index (κ2) is 4.80. The van der Waals surface area contributed by atoms with Crippen molar-refractivity contribution in [3.8, 4) is 0 Å². The van der Waals surface area contributed by atoms with Crippen LogP contribution in [0, 0.1) is 5.92 Å². The van der Waals surface area contributed by atoms with Gasteiger partial charge >= 0.3 is 0 Å². The number of allylic oxidation sites excluding steroid dienone is 2. The van der Waals surface area contributed by atoms with E-state index in [1.54, 1.807) is 25.4 Å². The zero-order valence-electron chi connectivity index (χ0n) is 11.9. The molecule has 1 aliphatic carbocycles. The quantitative estimate of drug-likeness (QED) is 0.799. The third kappa shape index (κ3) is 1.83. The van der Waals surface area contributed by atoms with Gasteiger partial charge in [-0.25, -0.2) is 4.98 Å². The zero-order chi connectivity index (χ0) is 15.1. The SMILES string of the molecule is COC1=Nc2nc(C(=O)c3ccccc3)cn2C2=CC=CC21. The number of ether oxygens (including phenoxy) is 1. The first kappa shape index (κ1) is 12.8. The standard InChI is InChI=1S/C17H13N3O2/c1-22-16-12-8-5-9-14(12)20-10-13(18-17(20)19-16)15(21)11-6-3-2-4-7-11/h2-10,12H,1H3. The lowest BCUT2D eigenvalue weighted by Gasteiger charge is -2.21. The number of carbonyl (C=O) groups is 1. The normalized spacial score (nSPS) is 18.3. The Hall–Kier alpha value is -2.95. The number of ketones is 1. The topological polar surface area (TPSA) is 56.5 Å². The highest BCUT2D eigenvalue weighted by atomic mass is 16.5. The van der Waals surface area contributed by atoms with Crippen LogP contribution in [0.5, 0.6) is 0 Å². The van der Waals surface area contributed by atoms with E-state index in [2.05, 4.69) is 9.98 Å². The summed E-state index contributed by atoms with van der Waals surface area (Å²) < 4.78 is 7.19. The minimum absolute atomic E-state index is 0.00798. The first-order chi connectivity index (χ1) is 10.8. The molecule has 0 spiro atoms. The Balaban J connectivity index is 1.79. The fraction of sp³-hybridized carbons (Fsp3) is 0.118. The molecule has 1 unspecified atom stereocenters. The van der Waals surface area contributed by atoms with E-state index in [1.165, 1.54) is 0 Å². The van der Waals surface area contributed by atoms with Gasteiger partial charge in [0.1, 0.15) is 5.69 Å². The molecule has 2 heterocycles. The minimum atomic E-state index is -0.111. The molecule has 1 aromatic carbocycles. The van der Waals surface area contributed by atoms with Crippen LogP contribution in [0.1, 0.15) is 16.1 Å². The van der Waals surface area contributed by atoms with Gasteiger partial charge in [0.2, 0.25) is 17.6 Å². The van der Waals surface area contributed by atoms with Gasteiger partial charge in [-0.3, -0.25) is 9.36 Å². The molecular formula is C17H13N3O2. The summed E-state index contributed by atoms with van der Waals surface area (Å²) in [7, 11) is 1.59. The molecule has 5 nitrogen and oxygen atoms in total. The number of benzene rings is 1. The monoisotopic (exact) mass is 291 g/mol. The van der Waals surface area contributed by atoms with Crippen LogP contribution in [-0.4, -0.2) is 28.3 Å². The first-order valence-electron chi connectivity index (χ1n) is 6.98. The number of aromatic nitrogens is 2. The Morgan fingerprint density at radius 3 is 2.86 bits per heavy atom. The van der Waals surface area contributed by atoms with Crippen molar-refractivity contribution >= 4 is 23.3 Å². The number of aliphatic imine (C=N–C) groups is 1. The summed E-state index contributed by atoms with van der Waals surface area (Å²) in [5.74, 6) is 0.949. The summed E-state index contributed by atoms with van der Waals surface area (Å²) in [6.45, 7) is 0. The van der Waals surface area contributed by atoms with Crippen molar-refractivity contribution in [2.75, 3.05) is 7.11 Å². The third-order valence-corrected chi connectivity index (χ3v) is 3.81. The number of carbonyl (C=O) groups excluding carboxylic acids is 1. The number of nitrogens with zero attached hydrogens (tertiary/aromatic N) is 3. The molecule has 1 atom stereocenters. The van der Waals surface area contributed by atoms with Crippen molar-refractivity contribution in [3.63, 3.8) is 0 Å². The number of imidazole rings is 1. The predicted octanol–water partition coefficient (Wildman–Crippen LogP) is 2.83. The number of fused-ring (bicyclic) bond motifs is 3. The molecule has 0 saturated carbocycles. The highest BCUT2D eigenvalue weighted by Crippen LogP contribution is 2.35. The maximum Gasteiger partial charge on any atom is 0.237 e. The fourth-order valence-corrected chi connectivity index (χ4v) is 2.73. The molecular weight excluding hydrogens is 278 g/mol. The molecule has 0 amide bonds. The lowest BCUT2D eigenvalue weighted by atomic mass is 10.1. The van der Waals surface area contributed by atoms with E-state index in [-0.39, 0.29) is 11.7 Å². The van der Waals surface area contributed by atoms with Crippen molar-refractivity contribution < 1.29 is 9.53 Å². The van der Waals surface area contributed by atoms with Gasteiger partial charge in [-0.1, -0.05) is 42.5 Å². The smallest absolute Gasteiger partial charge is 0.237 e. The average Bonchev–Trinajstić information content (AvgIpc) is 3.20. The van der Waals surface area contributed by atoms with Crippen LogP contribution in [0.3, 0.4) is 0 Å². The molecule has 22 heavy (non-hydrogen) atoms. The van der Waals surface area contributed by atoms with E-state index in [0.717, 1.165) is 5.70 Å². The Kier molecular flexibility index (Phi) is 2.79. The average molecular weight is 291 g/mol. The van der Waals surface area contributed by atoms with Crippen molar-refractivity contribution in [1.29, 1.82) is 0 Å². The fourth-order valence-electron chi connectivity index (χ4n) is 2.73. The highest BCUT2D eigenvalue weighted by Gasteiger charge is 2.31. The number of hydrogen-bond acceptors (Lipinski definition) is 4. The van der Waals surface area contributed by atoms with Crippen LogP contribution < -0.4 is 0 Å². The molecule has 1 aliphatic heterocycles. The Labute approximate surface area is 127 Å². The first-order valence-corrected chi connectivity index (χ1v) is 6.98. The van der Waals surface area contributed by atoms with Crippen molar-refractivity contribution in [1.82, 2.24) is 9.55 Å². The van der Waals surface area contributed by atoms with Crippen molar-refractivity contribution in [3.05, 3.63) is 66.0 Å². The van der Waals surface area contributed by atoms with E-state index < -0.39 is 0 Å². The number of hydrogen-bond donors (Lipinski definition) is 0. The summed E-state index contributed by atoms with van der Waals surface area (Å²) in [6, 6.07) is 9.12. The van der Waals surface area contributed by atoms with Crippen LogP contribution in [0.15, 0.2) is 59.7 Å². The van der Waals surface area contributed by atoms with E-state index in [0.29, 0.717) is 23.1 Å². The van der Waals surface area contributed by atoms with E-state index >= 15 is 0 Å². The molecule has 5 heteroatoms. The van der Waals surface area contributed by atoms with Gasteiger partial charge in [0.25, 0.3) is 0 Å². The molecule has 4 rings (SSSR count). The number of methoxy groups -OCH3 is 1. The maximum absolute atomic E-state index is 12.5. The molecule has 1 aromatic heterocycles. The van der Waals surface area contributed by atoms with Gasteiger partial charge in [-0.2, -0.15) is 4.99 Å². The van der Waals surface area contributed by atoms with Gasteiger partial charge in [0, 0.05) is 17.5 Å². The van der Waals surface area contributed by atoms with Gasteiger partial charge in [-0.15, -0.1) is 0 Å². The van der Waals surface area contributed by atoms with Gasteiger partial charge in [0.15, 0.2) is 0 Å². The molecule has 0 N–H and O–H groups in total. The van der Waals surface area contributed by atoms with Gasteiger partial charge in [-0.05, 0) is 6.08 Å². The van der Waals surface area contributed by atoms with Crippen LogP contribution in [0.25, 0.3) is 5.70 Å². The molecule has 0 saturated heterocycles. The lowest BCUT2D eigenvalue weighted by molar-refractivity contribution is 0.103. The van der Waals surface area contributed by atoms with Crippen molar-refractivity contribution in [2.24, 2.45) is 10.9 Å². The lowest BCUT2D eigenvalue weighted by Crippen LogP contribution is -2.21. The number of rotatable bonds is 2. The van der Waals surface area contributed by atoms with E-state index in [9.17, 15) is 4.79 Å². The van der Waals surface area contributed by atoms with Gasteiger partial charge < -0.3 is 4.74 Å². The summed E-state index contributed by atoms with van der Waals surface area (Å²) in [5, 5.41) is 0.